The molecule has 1 atom stereocenters. The van der Waals surface area contributed by atoms with Crippen LogP contribution in [-0.4, -0.2) is 5.97 Å². The van der Waals surface area contributed by atoms with Crippen LogP contribution in [0.1, 0.15) is 39.5 Å². The van der Waals surface area contributed by atoms with Crippen LogP contribution in [0.15, 0.2) is 0 Å². The molecule has 0 aliphatic carbocycles. The number of carboxylic acids is 1. The number of carboxylic acid groups (broad SMARTS) is 1. The van der Waals surface area contributed by atoms with Gasteiger partial charge in [-0.05, 0) is 18.8 Å². The molecule has 0 amide bonds. The Balaban J connectivity index is -0.000000405. The molecule has 0 aromatic heterocycles. The van der Waals surface area contributed by atoms with E-state index in [9.17, 15) is 9.90 Å². The average Bonchev–Trinajstić information content (AvgIpc) is 1.89. The Hall–Kier alpha value is 0.118. The van der Waals surface area contributed by atoms with Crippen molar-refractivity contribution in [1.29, 1.82) is 0 Å². The molecular formula is C8H18NO2Pt+. The summed E-state index contributed by atoms with van der Waals surface area (Å²) in [5.41, 5.74) is 0. The van der Waals surface area contributed by atoms with Crippen LogP contribution in [0.2, 0.25) is 0 Å². The van der Waals surface area contributed by atoms with Crippen molar-refractivity contribution in [3.05, 3.63) is 0 Å². The van der Waals surface area contributed by atoms with Gasteiger partial charge in [-0.2, -0.15) is 0 Å². The fourth-order valence-electron chi connectivity index (χ4n) is 0.939. The van der Waals surface area contributed by atoms with Gasteiger partial charge in [-0.15, -0.1) is 0 Å². The van der Waals surface area contributed by atoms with E-state index in [2.05, 4.69) is 6.92 Å². The first-order valence-corrected chi connectivity index (χ1v) is 3.93. The molecule has 0 radical (unpaired) electrons. The molecule has 0 spiro atoms. The van der Waals surface area contributed by atoms with Crippen molar-refractivity contribution in [3.63, 3.8) is 0 Å². The SMILES string of the molecule is CCCCC(CC)C(=O)[O-].N.[Pt+2]. The Labute approximate surface area is 88.8 Å². The molecule has 3 N–H and O–H groups in total. The molecule has 0 aromatic rings. The molecule has 0 fully saturated rings. The van der Waals surface area contributed by atoms with Crippen molar-refractivity contribution in [2.45, 2.75) is 39.5 Å². The van der Waals surface area contributed by atoms with Gasteiger partial charge >= 0.3 is 21.1 Å². The zero-order valence-corrected chi connectivity index (χ0v) is 10.0. The molecule has 0 aliphatic rings. The van der Waals surface area contributed by atoms with E-state index in [1.807, 2.05) is 6.92 Å². The number of hydrogen-bond acceptors (Lipinski definition) is 3. The van der Waals surface area contributed by atoms with Gasteiger partial charge in [-0.25, -0.2) is 0 Å². The summed E-state index contributed by atoms with van der Waals surface area (Å²) in [6.45, 7) is 3.94. The molecule has 0 heterocycles. The van der Waals surface area contributed by atoms with Crippen molar-refractivity contribution < 1.29 is 31.0 Å². The van der Waals surface area contributed by atoms with Crippen molar-refractivity contribution >= 4 is 5.97 Å². The van der Waals surface area contributed by atoms with Crippen molar-refractivity contribution in [2.24, 2.45) is 5.92 Å². The second kappa shape index (κ2) is 11.1. The Morgan fingerprint density at radius 1 is 1.42 bits per heavy atom. The fourth-order valence-corrected chi connectivity index (χ4v) is 0.939. The summed E-state index contributed by atoms with van der Waals surface area (Å²) in [5, 5.41) is 10.3. The average molecular weight is 355 g/mol. The molecule has 0 saturated heterocycles. The van der Waals surface area contributed by atoms with Crippen LogP contribution < -0.4 is 11.3 Å². The van der Waals surface area contributed by atoms with Gasteiger partial charge < -0.3 is 16.1 Å². The molecule has 1 unspecified atom stereocenters. The van der Waals surface area contributed by atoms with E-state index in [-0.39, 0.29) is 33.1 Å². The molecule has 0 rings (SSSR count). The Morgan fingerprint density at radius 3 is 2.17 bits per heavy atom. The molecular weight excluding hydrogens is 337 g/mol. The van der Waals surface area contributed by atoms with E-state index in [4.69, 9.17) is 0 Å². The third kappa shape index (κ3) is 8.22. The zero-order chi connectivity index (χ0) is 7.98. The van der Waals surface area contributed by atoms with Gasteiger partial charge in [0.2, 0.25) is 0 Å². The summed E-state index contributed by atoms with van der Waals surface area (Å²) in [5.74, 6) is -1.11. The molecule has 0 aromatic carbocycles. The van der Waals surface area contributed by atoms with E-state index in [1.165, 1.54) is 0 Å². The van der Waals surface area contributed by atoms with Gasteiger partial charge in [0.15, 0.2) is 0 Å². The van der Waals surface area contributed by atoms with Crippen molar-refractivity contribution in [1.82, 2.24) is 6.15 Å². The summed E-state index contributed by atoms with van der Waals surface area (Å²) >= 11 is 0. The second-order valence-electron chi connectivity index (χ2n) is 2.57. The Morgan fingerprint density at radius 2 is 1.92 bits per heavy atom. The third-order valence-corrected chi connectivity index (χ3v) is 1.73. The van der Waals surface area contributed by atoms with E-state index in [1.54, 1.807) is 0 Å². The molecule has 3 nitrogen and oxygen atoms in total. The van der Waals surface area contributed by atoms with Crippen LogP contribution in [0.5, 0.6) is 0 Å². The van der Waals surface area contributed by atoms with Gasteiger partial charge in [0.05, 0.1) is 0 Å². The number of carbonyl (C=O) groups excluding carboxylic acids is 1. The van der Waals surface area contributed by atoms with E-state index in [0.29, 0.717) is 6.42 Å². The molecule has 12 heavy (non-hydrogen) atoms. The summed E-state index contributed by atoms with van der Waals surface area (Å²) in [6, 6.07) is 0. The van der Waals surface area contributed by atoms with Gasteiger partial charge in [0, 0.05) is 5.97 Å². The van der Waals surface area contributed by atoms with Gasteiger partial charge in [0.1, 0.15) is 0 Å². The first-order valence-electron chi connectivity index (χ1n) is 3.93. The monoisotopic (exact) mass is 355 g/mol. The van der Waals surface area contributed by atoms with E-state index >= 15 is 0 Å². The van der Waals surface area contributed by atoms with Crippen LogP contribution >= 0.6 is 0 Å². The second-order valence-corrected chi connectivity index (χ2v) is 2.57. The Bertz CT molecular complexity index is 109. The number of rotatable bonds is 5. The maximum absolute atomic E-state index is 10.3. The van der Waals surface area contributed by atoms with Crippen LogP contribution in [0.4, 0.5) is 0 Å². The minimum atomic E-state index is -0.893. The van der Waals surface area contributed by atoms with Crippen LogP contribution in [0.3, 0.4) is 0 Å². The predicted molar refractivity (Wildman–Crippen MR) is 43.3 cm³/mol. The molecule has 4 heteroatoms. The van der Waals surface area contributed by atoms with Gasteiger partial charge in [-0.3, -0.25) is 0 Å². The minimum Gasteiger partial charge on any atom is -0.550 e. The van der Waals surface area contributed by atoms with E-state index < -0.39 is 5.97 Å². The van der Waals surface area contributed by atoms with Gasteiger partial charge in [0.25, 0.3) is 0 Å². The smallest absolute Gasteiger partial charge is 0.550 e. The first kappa shape index (κ1) is 18.0. The topological polar surface area (TPSA) is 75.1 Å². The van der Waals surface area contributed by atoms with Crippen molar-refractivity contribution in [2.75, 3.05) is 0 Å². The number of aliphatic carboxylic acids is 1. The predicted octanol–water partition coefficient (Wildman–Crippen LogP) is 1.11. The zero-order valence-electron chi connectivity index (χ0n) is 7.75. The van der Waals surface area contributed by atoms with Crippen LogP contribution in [0, 0.1) is 5.92 Å². The Kier molecular flexibility index (Phi) is 16.7. The normalized spacial score (nSPS) is 10.8. The quantitative estimate of drug-likeness (QED) is 0.803. The number of unbranched alkanes of at least 4 members (excludes halogenated alkanes) is 1. The summed E-state index contributed by atoms with van der Waals surface area (Å²) in [6.07, 6.45) is 3.52. The minimum absolute atomic E-state index is 0. The molecule has 0 aliphatic heterocycles. The maximum Gasteiger partial charge on any atom is 2.00 e. The standard InChI is InChI=1S/C8H16O2.H3N.Pt/c1-3-5-6-7(4-2)8(9)10;;/h7H,3-6H2,1-2H3,(H,9,10);1H3;/q;;+2/p-1. The summed E-state index contributed by atoms with van der Waals surface area (Å²) in [7, 11) is 0. The van der Waals surface area contributed by atoms with Crippen molar-refractivity contribution in [3.8, 4) is 0 Å². The maximum atomic E-state index is 10.3. The summed E-state index contributed by atoms with van der Waals surface area (Å²) < 4.78 is 0. The fraction of sp³-hybridized carbons (Fsp3) is 0.875. The molecule has 0 bridgehead atoms. The van der Waals surface area contributed by atoms with E-state index in [0.717, 1.165) is 19.3 Å². The molecule has 0 saturated carbocycles. The molecule has 76 valence electrons. The number of hydrogen-bond donors (Lipinski definition) is 1. The van der Waals surface area contributed by atoms with Gasteiger partial charge in [-0.1, -0.05) is 26.7 Å². The van der Waals surface area contributed by atoms with Crippen LogP contribution in [-0.2, 0) is 25.9 Å². The van der Waals surface area contributed by atoms with Crippen LogP contribution in [0.25, 0.3) is 0 Å². The summed E-state index contributed by atoms with van der Waals surface area (Å²) in [4.78, 5) is 10.3. The largest absolute Gasteiger partial charge is 2.00 e. The third-order valence-electron chi connectivity index (χ3n) is 1.73. The number of carbonyl (C=O) groups is 1. The first-order chi connectivity index (χ1) is 4.72.